The number of ether oxygens (including phenoxy) is 1. The molecule has 0 radical (unpaired) electrons. The van der Waals surface area contributed by atoms with Gasteiger partial charge in [0.2, 0.25) is 0 Å². The van der Waals surface area contributed by atoms with Crippen molar-refractivity contribution in [3.8, 4) is 0 Å². The third kappa shape index (κ3) is 7.43. The highest BCUT2D eigenvalue weighted by molar-refractivity contribution is 5.97. The summed E-state index contributed by atoms with van der Waals surface area (Å²) in [5, 5.41) is 7.14. The number of hydrogen-bond donors (Lipinski definition) is 3. The predicted molar refractivity (Wildman–Crippen MR) is 93.8 cm³/mol. The molecule has 0 spiro atoms. The van der Waals surface area contributed by atoms with Gasteiger partial charge in [0, 0.05) is 37.4 Å². The molecule has 0 aromatic heterocycles. The first-order valence-electron chi connectivity index (χ1n) is 8.55. The second-order valence-electron chi connectivity index (χ2n) is 6.16. The Labute approximate surface area is 155 Å². The van der Waals surface area contributed by atoms with Gasteiger partial charge in [0.15, 0.2) is 0 Å². The number of nitrogens with one attached hydrogen (secondary N) is 3. The van der Waals surface area contributed by atoms with Crippen LogP contribution in [0, 0.1) is 6.92 Å². The SMILES string of the molecule is Cc1ccc(C(=O)NCC(F)(F)F)cc1NC(=O)NCCN1CCOCC1. The number of anilines is 1. The zero-order valence-corrected chi connectivity index (χ0v) is 15.0. The molecule has 0 saturated carbocycles. The molecule has 3 amide bonds. The molecule has 0 unspecified atom stereocenters. The molecule has 27 heavy (non-hydrogen) atoms. The fraction of sp³-hybridized carbons (Fsp3) is 0.529. The lowest BCUT2D eigenvalue weighted by Gasteiger charge is -2.26. The minimum atomic E-state index is -4.48. The number of alkyl halides is 3. The standard InChI is InChI=1S/C17H23F3N4O3/c1-12-2-3-13(15(25)22-11-17(18,19)20)10-14(12)23-16(26)21-4-5-24-6-8-27-9-7-24/h2-3,10H,4-9,11H2,1H3,(H,22,25)(H2,21,23,26). The van der Waals surface area contributed by atoms with Gasteiger partial charge in [0.1, 0.15) is 6.54 Å². The molecule has 1 heterocycles. The van der Waals surface area contributed by atoms with Gasteiger partial charge in [-0.15, -0.1) is 0 Å². The summed E-state index contributed by atoms with van der Waals surface area (Å²) in [5.41, 5.74) is 1.08. The van der Waals surface area contributed by atoms with Gasteiger partial charge in [-0.05, 0) is 24.6 Å². The van der Waals surface area contributed by atoms with Crippen LogP contribution in [0.1, 0.15) is 15.9 Å². The van der Waals surface area contributed by atoms with Crippen LogP contribution in [0.3, 0.4) is 0 Å². The number of hydrogen-bond acceptors (Lipinski definition) is 4. The number of carbonyl (C=O) groups is 2. The highest BCUT2D eigenvalue weighted by atomic mass is 19.4. The van der Waals surface area contributed by atoms with Crippen molar-refractivity contribution in [3.63, 3.8) is 0 Å². The van der Waals surface area contributed by atoms with E-state index in [9.17, 15) is 22.8 Å². The maximum atomic E-state index is 12.2. The quantitative estimate of drug-likeness (QED) is 0.693. The number of urea groups is 1. The molecule has 1 aromatic carbocycles. The first-order chi connectivity index (χ1) is 12.7. The first kappa shape index (κ1) is 21.0. The van der Waals surface area contributed by atoms with Crippen molar-refractivity contribution < 1.29 is 27.5 Å². The molecule has 0 bridgehead atoms. The summed E-state index contributed by atoms with van der Waals surface area (Å²) in [7, 11) is 0. The van der Waals surface area contributed by atoms with Crippen LogP contribution in [-0.4, -0.2) is 69.0 Å². The van der Waals surface area contributed by atoms with Crippen LogP contribution >= 0.6 is 0 Å². The molecule has 10 heteroatoms. The van der Waals surface area contributed by atoms with E-state index in [0.29, 0.717) is 37.6 Å². The number of aryl methyl sites for hydroxylation is 1. The highest BCUT2D eigenvalue weighted by Gasteiger charge is 2.28. The van der Waals surface area contributed by atoms with E-state index in [0.717, 1.165) is 13.1 Å². The zero-order chi connectivity index (χ0) is 19.9. The van der Waals surface area contributed by atoms with E-state index in [1.807, 2.05) is 0 Å². The van der Waals surface area contributed by atoms with Gasteiger partial charge in [-0.25, -0.2) is 4.79 Å². The summed E-state index contributed by atoms with van der Waals surface area (Å²) >= 11 is 0. The second kappa shape index (κ2) is 9.56. The van der Waals surface area contributed by atoms with Crippen molar-refractivity contribution in [2.75, 3.05) is 51.3 Å². The molecule has 1 fully saturated rings. The molecular formula is C17H23F3N4O3. The van der Waals surface area contributed by atoms with Crippen LogP contribution in [0.25, 0.3) is 0 Å². The van der Waals surface area contributed by atoms with Crippen molar-refractivity contribution in [1.29, 1.82) is 0 Å². The maximum absolute atomic E-state index is 12.2. The molecule has 3 N–H and O–H groups in total. The molecule has 150 valence electrons. The lowest BCUT2D eigenvalue weighted by Crippen LogP contribution is -2.42. The number of amides is 3. The summed E-state index contributed by atoms with van der Waals surface area (Å²) in [6, 6.07) is 3.87. The van der Waals surface area contributed by atoms with Gasteiger partial charge in [-0.3, -0.25) is 9.69 Å². The highest BCUT2D eigenvalue weighted by Crippen LogP contribution is 2.18. The van der Waals surface area contributed by atoms with Gasteiger partial charge in [0.05, 0.1) is 13.2 Å². The van der Waals surface area contributed by atoms with Gasteiger partial charge in [0.25, 0.3) is 5.91 Å². The Morgan fingerprint density at radius 1 is 1.19 bits per heavy atom. The van der Waals surface area contributed by atoms with Crippen molar-refractivity contribution in [1.82, 2.24) is 15.5 Å². The molecule has 1 saturated heterocycles. The van der Waals surface area contributed by atoms with Gasteiger partial charge in [-0.1, -0.05) is 6.07 Å². The molecule has 7 nitrogen and oxygen atoms in total. The molecule has 1 aliphatic heterocycles. The fourth-order valence-corrected chi connectivity index (χ4v) is 2.50. The minimum absolute atomic E-state index is 0.0356. The van der Waals surface area contributed by atoms with Crippen molar-refractivity contribution in [2.24, 2.45) is 0 Å². The Kier molecular flexibility index (Phi) is 7.43. The second-order valence-corrected chi connectivity index (χ2v) is 6.16. The first-order valence-corrected chi connectivity index (χ1v) is 8.55. The molecule has 0 aliphatic carbocycles. The minimum Gasteiger partial charge on any atom is -0.379 e. The fourth-order valence-electron chi connectivity index (χ4n) is 2.50. The molecular weight excluding hydrogens is 365 g/mol. The Morgan fingerprint density at radius 3 is 2.56 bits per heavy atom. The summed E-state index contributed by atoms with van der Waals surface area (Å²) in [4.78, 5) is 26.0. The van der Waals surface area contributed by atoms with E-state index in [1.165, 1.54) is 12.1 Å². The zero-order valence-electron chi connectivity index (χ0n) is 15.0. The third-order valence-corrected chi connectivity index (χ3v) is 4.01. The van der Waals surface area contributed by atoms with Crippen LogP contribution in [0.4, 0.5) is 23.7 Å². The number of morpholine rings is 1. The summed E-state index contributed by atoms with van der Waals surface area (Å²) in [6.07, 6.45) is -4.48. The Hall–Kier alpha value is -2.33. The molecule has 2 rings (SSSR count). The topological polar surface area (TPSA) is 82.7 Å². The van der Waals surface area contributed by atoms with Gasteiger partial charge < -0.3 is 20.7 Å². The van der Waals surface area contributed by atoms with E-state index < -0.39 is 24.7 Å². The summed E-state index contributed by atoms with van der Waals surface area (Å²) in [6.45, 7) is 4.43. The Morgan fingerprint density at radius 2 is 1.89 bits per heavy atom. The largest absolute Gasteiger partial charge is 0.405 e. The van der Waals surface area contributed by atoms with Gasteiger partial charge in [-0.2, -0.15) is 13.2 Å². The Bertz CT molecular complexity index is 661. The monoisotopic (exact) mass is 388 g/mol. The van der Waals surface area contributed by atoms with Crippen LogP contribution in [-0.2, 0) is 4.74 Å². The van der Waals surface area contributed by atoms with E-state index >= 15 is 0 Å². The van der Waals surface area contributed by atoms with E-state index in [1.54, 1.807) is 18.3 Å². The smallest absolute Gasteiger partial charge is 0.379 e. The van der Waals surface area contributed by atoms with E-state index in [-0.39, 0.29) is 5.56 Å². The molecule has 1 aliphatic rings. The van der Waals surface area contributed by atoms with Crippen molar-refractivity contribution >= 4 is 17.6 Å². The summed E-state index contributed by atoms with van der Waals surface area (Å²) < 4.78 is 41.9. The van der Waals surface area contributed by atoms with Crippen molar-refractivity contribution in [3.05, 3.63) is 29.3 Å². The number of carbonyl (C=O) groups excluding carboxylic acids is 2. The molecule has 1 aromatic rings. The van der Waals surface area contributed by atoms with Crippen LogP contribution < -0.4 is 16.0 Å². The number of benzene rings is 1. The van der Waals surface area contributed by atoms with E-state index in [2.05, 4.69) is 15.5 Å². The number of rotatable bonds is 6. The maximum Gasteiger partial charge on any atom is 0.405 e. The average Bonchev–Trinajstić information content (AvgIpc) is 2.62. The summed E-state index contributed by atoms with van der Waals surface area (Å²) in [5.74, 6) is -0.858. The van der Waals surface area contributed by atoms with Crippen LogP contribution in [0.2, 0.25) is 0 Å². The lowest BCUT2D eigenvalue weighted by atomic mass is 10.1. The van der Waals surface area contributed by atoms with Gasteiger partial charge >= 0.3 is 12.2 Å². The number of nitrogens with zero attached hydrogens (tertiary/aromatic N) is 1. The third-order valence-electron chi connectivity index (χ3n) is 4.01. The van der Waals surface area contributed by atoms with Crippen molar-refractivity contribution in [2.45, 2.75) is 13.1 Å². The predicted octanol–water partition coefficient (Wildman–Crippen LogP) is 1.74. The lowest BCUT2D eigenvalue weighted by molar-refractivity contribution is -0.123. The van der Waals surface area contributed by atoms with Crippen LogP contribution in [0.5, 0.6) is 0 Å². The normalized spacial score (nSPS) is 15.3. The number of halogens is 3. The average molecular weight is 388 g/mol. The molecule has 0 atom stereocenters. The van der Waals surface area contributed by atoms with E-state index in [4.69, 9.17) is 4.74 Å². The van der Waals surface area contributed by atoms with Crippen LogP contribution in [0.15, 0.2) is 18.2 Å². The Balaban J connectivity index is 1.85.